The van der Waals surface area contributed by atoms with Gasteiger partial charge in [-0.05, 0) is 0 Å². The van der Waals surface area contributed by atoms with Crippen LogP contribution in [0.1, 0.15) is 5.69 Å². The van der Waals surface area contributed by atoms with Crippen molar-refractivity contribution in [1.29, 1.82) is 0 Å². The maximum Gasteiger partial charge on any atom is 0.194 e. The van der Waals surface area contributed by atoms with Crippen molar-refractivity contribution in [3.63, 3.8) is 0 Å². The molecule has 0 unspecified atom stereocenters. The van der Waals surface area contributed by atoms with Crippen molar-refractivity contribution in [2.75, 3.05) is 20.6 Å². The molecule has 0 fully saturated rings. The van der Waals surface area contributed by atoms with Crippen LogP contribution in [0.25, 0.3) is 0 Å². The Hall–Kier alpha value is -1.49. The second-order valence-electron chi connectivity index (χ2n) is 3.26. The Morgan fingerprint density at radius 3 is 3.00 bits per heavy atom. The molecule has 0 aromatic carbocycles. The number of halogens is 1. The molecule has 1 rings (SSSR count). The number of aliphatic imine (C=N–C) groups is 1. The second-order valence-corrected chi connectivity index (χ2v) is 3.80. The Morgan fingerprint density at radius 2 is 2.50 bits per heavy atom. The highest BCUT2D eigenvalue weighted by molar-refractivity contribution is 6.29. The number of guanidine groups is 1. The molecule has 0 bridgehead atoms. The lowest BCUT2D eigenvalue weighted by Gasteiger charge is -2.20. The quantitative estimate of drug-likeness (QED) is 0.641. The lowest BCUT2D eigenvalue weighted by Crippen LogP contribution is -2.38. The number of rotatable bonds is 4. The van der Waals surface area contributed by atoms with Crippen LogP contribution < -0.4 is 5.32 Å². The highest BCUT2D eigenvalue weighted by atomic mass is 35.5. The Labute approximate surface area is 99.8 Å². The largest absolute Gasteiger partial charge is 0.364 e. The van der Waals surface area contributed by atoms with E-state index in [0.717, 1.165) is 11.7 Å². The first-order valence-corrected chi connectivity index (χ1v) is 5.15. The maximum atomic E-state index is 5.67. The molecular formula is C10H15ClN4O. The van der Waals surface area contributed by atoms with Gasteiger partial charge in [0.05, 0.1) is 13.1 Å². The molecule has 0 atom stereocenters. The minimum absolute atomic E-state index is 0.484. The van der Waals surface area contributed by atoms with Crippen LogP contribution in [0.15, 0.2) is 33.5 Å². The normalized spacial score (nSPS) is 11.3. The van der Waals surface area contributed by atoms with Crippen molar-refractivity contribution in [2.45, 2.75) is 6.54 Å². The van der Waals surface area contributed by atoms with Crippen LogP contribution in [0.2, 0.25) is 0 Å². The SMILES string of the molecule is C=C(Cl)CNC(=NC)N(C)Cc1ccon1. The molecule has 1 aromatic heterocycles. The minimum atomic E-state index is 0.484. The number of nitrogens with zero attached hydrogens (tertiary/aromatic N) is 3. The fraction of sp³-hybridized carbons (Fsp3) is 0.400. The van der Waals surface area contributed by atoms with Gasteiger partial charge < -0.3 is 14.7 Å². The molecule has 1 heterocycles. The Balaban J connectivity index is 2.50. The van der Waals surface area contributed by atoms with Gasteiger partial charge in [0.1, 0.15) is 12.0 Å². The third kappa shape index (κ3) is 3.94. The summed E-state index contributed by atoms with van der Waals surface area (Å²) in [5.41, 5.74) is 0.843. The predicted octanol–water partition coefficient (Wildman–Crippen LogP) is 1.43. The summed E-state index contributed by atoms with van der Waals surface area (Å²) in [4.78, 5) is 6.03. The standard InChI is InChI=1S/C10H15ClN4O/c1-8(11)6-13-10(12-2)15(3)7-9-4-5-16-14-9/h4-5H,1,6-7H2,2-3H3,(H,12,13). The molecule has 0 spiro atoms. The van der Waals surface area contributed by atoms with Gasteiger partial charge in [-0.15, -0.1) is 0 Å². The molecule has 6 heteroatoms. The van der Waals surface area contributed by atoms with E-state index in [2.05, 4.69) is 22.0 Å². The average molecular weight is 243 g/mol. The van der Waals surface area contributed by atoms with Gasteiger partial charge in [0, 0.05) is 25.2 Å². The van der Waals surface area contributed by atoms with Gasteiger partial charge in [0.15, 0.2) is 5.96 Å². The summed E-state index contributed by atoms with van der Waals surface area (Å²) in [5.74, 6) is 0.727. The fourth-order valence-electron chi connectivity index (χ4n) is 1.20. The summed E-state index contributed by atoms with van der Waals surface area (Å²) in [5, 5.41) is 7.43. The van der Waals surface area contributed by atoms with Crippen molar-refractivity contribution in [1.82, 2.24) is 15.4 Å². The van der Waals surface area contributed by atoms with Crippen molar-refractivity contribution < 1.29 is 4.52 Å². The van der Waals surface area contributed by atoms with E-state index in [9.17, 15) is 0 Å². The van der Waals surface area contributed by atoms with E-state index in [1.807, 2.05) is 18.0 Å². The first-order chi connectivity index (χ1) is 7.63. The topological polar surface area (TPSA) is 53.7 Å². The average Bonchev–Trinajstić information content (AvgIpc) is 2.71. The Bertz CT molecular complexity index is 361. The first kappa shape index (κ1) is 12.6. The molecule has 16 heavy (non-hydrogen) atoms. The molecule has 1 N–H and O–H groups in total. The molecule has 88 valence electrons. The lowest BCUT2D eigenvalue weighted by atomic mass is 10.4. The van der Waals surface area contributed by atoms with E-state index >= 15 is 0 Å². The molecule has 0 aliphatic heterocycles. The van der Waals surface area contributed by atoms with E-state index in [-0.39, 0.29) is 0 Å². The monoisotopic (exact) mass is 242 g/mol. The van der Waals surface area contributed by atoms with Crippen molar-refractivity contribution in [3.05, 3.63) is 29.6 Å². The molecule has 5 nitrogen and oxygen atoms in total. The molecule has 0 aliphatic rings. The van der Waals surface area contributed by atoms with Crippen molar-refractivity contribution in [3.8, 4) is 0 Å². The molecule has 0 saturated heterocycles. The third-order valence-electron chi connectivity index (χ3n) is 1.90. The zero-order chi connectivity index (χ0) is 12.0. The maximum absolute atomic E-state index is 5.67. The molecule has 0 saturated carbocycles. The van der Waals surface area contributed by atoms with Gasteiger partial charge in [-0.1, -0.05) is 23.3 Å². The second kappa shape index (κ2) is 6.17. The highest BCUT2D eigenvalue weighted by Gasteiger charge is 2.07. The molecule has 0 amide bonds. The Kier molecular flexibility index (Phi) is 4.85. The summed E-state index contributed by atoms with van der Waals surface area (Å²) in [6, 6.07) is 1.81. The number of nitrogens with one attached hydrogen (secondary N) is 1. The smallest absolute Gasteiger partial charge is 0.194 e. The number of aromatic nitrogens is 1. The highest BCUT2D eigenvalue weighted by Crippen LogP contribution is 2.00. The van der Waals surface area contributed by atoms with Crippen molar-refractivity contribution >= 4 is 17.6 Å². The van der Waals surface area contributed by atoms with Crippen LogP contribution in [0, 0.1) is 0 Å². The van der Waals surface area contributed by atoms with Gasteiger partial charge in [0.2, 0.25) is 0 Å². The van der Waals surface area contributed by atoms with Crippen LogP contribution >= 0.6 is 11.6 Å². The number of hydrogen-bond acceptors (Lipinski definition) is 3. The van der Waals surface area contributed by atoms with Crippen LogP contribution in [-0.2, 0) is 6.54 Å². The van der Waals surface area contributed by atoms with Crippen LogP contribution in [-0.4, -0.2) is 36.7 Å². The third-order valence-corrected chi connectivity index (χ3v) is 2.04. The van der Waals surface area contributed by atoms with E-state index in [4.69, 9.17) is 16.1 Å². The molecule has 1 aromatic rings. The summed E-state index contributed by atoms with van der Waals surface area (Å²) < 4.78 is 4.75. The first-order valence-electron chi connectivity index (χ1n) is 4.77. The summed E-state index contributed by atoms with van der Waals surface area (Å²) >= 11 is 5.67. The lowest BCUT2D eigenvalue weighted by molar-refractivity contribution is 0.391. The van der Waals surface area contributed by atoms with Gasteiger partial charge in [-0.25, -0.2) is 0 Å². The number of hydrogen-bond donors (Lipinski definition) is 1. The zero-order valence-electron chi connectivity index (χ0n) is 9.40. The van der Waals surface area contributed by atoms with E-state index in [1.165, 1.54) is 0 Å². The summed E-state index contributed by atoms with van der Waals surface area (Å²) in [6.07, 6.45) is 1.54. The van der Waals surface area contributed by atoms with Gasteiger partial charge in [0.25, 0.3) is 0 Å². The van der Waals surface area contributed by atoms with E-state index in [0.29, 0.717) is 18.1 Å². The summed E-state index contributed by atoms with van der Waals surface area (Å²) in [7, 11) is 3.61. The van der Waals surface area contributed by atoms with Crippen LogP contribution in [0.3, 0.4) is 0 Å². The van der Waals surface area contributed by atoms with Crippen LogP contribution in [0.5, 0.6) is 0 Å². The molecule has 0 radical (unpaired) electrons. The summed E-state index contributed by atoms with van der Waals surface area (Å²) in [6.45, 7) is 4.70. The van der Waals surface area contributed by atoms with Gasteiger partial charge >= 0.3 is 0 Å². The molecular weight excluding hydrogens is 228 g/mol. The Morgan fingerprint density at radius 1 is 1.75 bits per heavy atom. The minimum Gasteiger partial charge on any atom is -0.364 e. The fourth-order valence-corrected chi connectivity index (χ4v) is 1.26. The van der Waals surface area contributed by atoms with E-state index in [1.54, 1.807) is 13.3 Å². The van der Waals surface area contributed by atoms with Gasteiger partial charge in [-0.2, -0.15) is 0 Å². The van der Waals surface area contributed by atoms with E-state index < -0.39 is 0 Å². The van der Waals surface area contributed by atoms with Gasteiger partial charge in [-0.3, -0.25) is 4.99 Å². The van der Waals surface area contributed by atoms with Crippen LogP contribution in [0.4, 0.5) is 0 Å². The zero-order valence-corrected chi connectivity index (χ0v) is 10.2. The predicted molar refractivity (Wildman–Crippen MR) is 64.3 cm³/mol. The van der Waals surface area contributed by atoms with Crippen molar-refractivity contribution in [2.24, 2.45) is 4.99 Å². The molecule has 0 aliphatic carbocycles.